The van der Waals surface area contributed by atoms with Gasteiger partial charge in [-0.15, -0.1) is 0 Å². The van der Waals surface area contributed by atoms with Gasteiger partial charge < -0.3 is 14.4 Å². The standard InChI is InChI=1S/C28H25N5O3/c1-4-19-10-6-8-12-23(19)30-24(34)16-33-15-22(25(35)21-14-13-18(3)29-27(21)33)28-31-26(32-36-28)20-11-7-5-9-17(20)2/h5-15H,4,16H2,1-3H3,(H,30,34). The van der Waals surface area contributed by atoms with E-state index in [1.54, 1.807) is 22.9 Å². The zero-order chi connectivity index (χ0) is 25.2. The molecule has 2 aromatic carbocycles. The van der Waals surface area contributed by atoms with Gasteiger partial charge in [0.05, 0.1) is 5.39 Å². The van der Waals surface area contributed by atoms with Crippen molar-refractivity contribution in [2.75, 3.05) is 5.32 Å². The van der Waals surface area contributed by atoms with Gasteiger partial charge in [0.2, 0.25) is 17.2 Å². The third-order valence-electron chi connectivity index (χ3n) is 6.09. The molecule has 0 aliphatic heterocycles. The van der Waals surface area contributed by atoms with Crippen LogP contribution in [0.1, 0.15) is 23.7 Å². The molecule has 0 aliphatic carbocycles. The zero-order valence-electron chi connectivity index (χ0n) is 20.3. The molecule has 180 valence electrons. The van der Waals surface area contributed by atoms with Crippen LogP contribution in [0.3, 0.4) is 0 Å². The number of anilines is 1. The number of benzene rings is 2. The largest absolute Gasteiger partial charge is 0.333 e. The molecule has 8 nitrogen and oxygen atoms in total. The molecule has 36 heavy (non-hydrogen) atoms. The highest BCUT2D eigenvalue weighted by Gasteiger charge is 2.20. The van der Waals surface area contributed by atoms with Crippen molar-refractivity contribution in [1.29, 1.82) is 0 Å². The van der Waals surface area contributed by atoms with Crippen LogP contribution in [0.15, 0.2) is 76.2 Å². The van der Waals surface area contributed by atoms with Gasteiger partial charge in [-0.3, -0.25) is 9.59 Å². The van der Waals surface area contributed by atoms with Gasteiger partial charge in [-0.25, -0.2) is 4.98 Å². The van der Waals surface area contributed by atoms with Crippen LogP contribution >= 0.6 is 0 Å². The summed E-state index contributed by atoms with van der Waals surface area (Å²) in [5, 5.41) is 7.44. The number of pyridine rings is 2. The zero-order valence-corrected chi connectivity index (χ0v) is 20.3. The van der Waals surface area contributed by atoms with E-state index < -0.39 is 0 Å². The molecule has 1 amide bonds. The Hall–Kier alpha value is -4.59. The molecule has 0 spiro atoms. The van der Waals surface area contributed by atoms with Crippen LogP contribution in [0.5, 0.6) is 0 Å². The molecule has 0 bridgehead atoms. The van der Waals surface area contributed by atoms with E-state index in [0.29, 0.717) is 16.9 Å². The Kier molecular flexibility index (Phi) is 6.16. The Balaban J connectivity index is 1.56. The molecule has 0 aliphatic rings. The summed E-state index contributed by atoms with van der Waals surface area (Å²) in [7, 11) is 0. The molecule has 0 unspecified atom stereocenters. The smallest absolute Gasteiger partial charge is 0.263 e. The third kappa shape index (κ3) is 4.40. The number of nitrogens with zero attached hydrogens (tertiary/aromatic N) is 4. The Morgan fingerprint density at radius 1 is 0.972 bits per heavy atom. The fraction of sp³-hybridized carbons (Fsp3) is 0.179. The van der Waals surface area contributed by atoms with Crippen molar-refractivity contribution in [2.24, 2.45) is 0 Å². The summed E-state index contributed by atoms with van der Waals surface area (Å²) in [5.41, 5.74) is 4.69. The molecule has 0 atom stereocenters. The molecule has 5 aromatic rings. The van der Waals surface area contributed by atoms with Crippen molar-refractivity contribution < 1.29 is 9.32 Å². The van der Waals surface area contributed by atoms with Crippen LogP contribution in [0.25, 0.3) is 33.9 Å². The number of rotatable bonds is 6. The van der Waals surface area contributed by atoms with Crippen LogP contribution in [0.4, 0.5) is 5.69 Å². The van der Waals surface area contributed by atoms with Crippen molar-refractivity contribution >= 4 is 22.6 Å². The molecule has 0 radical (unpaired) electrons. The minimum atomic E-state index is -0.287. The van der Waals surface area contributed by atoms with Crippen LogP contribution in [0.2, 0.25) is 0 Å². The minimum absolute atomic E-state index is 0.0446. The number of hydrogen-bond acceptors (Lipinski definition) is 6. The summed E-state index contributed by atoms with van der Waals surface area (Å²) >= 11 is 0. The maximum atomic E-state index is 13.4. The van der Waals surface area contributed by atoms with Crippen molar-refractivity contribution in [3.05, 3.63) is 93.9 Å². The lowest BCUT2D eigenvalue weighted by molar-refractivity contribution is -0.116. The SMILES string of the molecule is CCc1ccccc1NC(=O)Cn1cc(-c2nc(-c3ccccc3C)no2)c(=O)c2ccc(C)nc21. The average Bonchev–Trinajstić information content (AvgIpc) is 3.36. The van der Waals surface area contributed by atoms with E-state index >= 15 is 0 Å². The first-order chi connectivity index (χ1) is 17.4. The normalized spacial score (nSPS) is 11.1. The lowest BCUT2D eigenvalue weighted by atomic mass is 10.1. The number of amides is 1. The number of nitrogens with one attached hydrogen (secondary N) is 1. The second-order valence-electron chi connectivity index (χ2n) is 8.62. The maximum Gasteiger partial charge on any atom is 0.263 e. The monoisotopic (exact) mass is 479 g/mol. The fourth-order valence-corrected chi connectivity index (χ4v) is 4.19. The van der Waals surface area contributed by atoms with Crippen LogP contribution in [0, 0.1) is 13.8 Å². The Labute approximate surface area is 207 Å². The van der Waals surface area contributed by atoms with E-state index in [2.05, 4.69) is 20.4 Å². The van der Waals surface area contributed by atoms with Gasteiger partial charge in [-0.05, 0) is 49.6 Å². The van der Waals surface area contributed by atoms with E-state index in [1.165, 1.54) is 0 Å². The Bertz CT molecular complexity index is 1650. The van der Waals surface area contributed by atoms with E-state index in [1.807, 2.05) is 69.3 Å². The van der Waals surface area contributed by atoms with Crippen molar-refractivity contribution in [3.63, 3.8) is 0 Å². The van der Waals surface area contributed by atoms with Gasteiger partial charge in [0.1, 0.15) is 17.8 Å². The molecular formula is C28H25N5O3. The number of carbonyl (C=O) groups is 1. The van der Waals surface area contributed by atoms with Crippen LogP contribution < -0.4 is 10.7 Å². The van der Waals surface area contributed by atoms with Gasteiger partial charge in [-0.1, -0.05) is 54.5 Å². The molecule has 0 fully saturated rings. The summed E-state index contributed by atoms with van der Waals surface area (Å²) in [6.07, 6.45) is 2.36. The first-order valence-corrected chi connectivity index (χ1v) is 11.7. The predicted molar refractivity (Wildman–Crippen MR) is 139 cm³/mol. The Morgan fingerprint density at radius 2 is 1.75 bits per heavy atom. The van der Waals surface area contributed by atoms with Crippen LogP contribution in [-0.2, 0) is 17.8 Å². The van der Waals surface area contributed by atoms with Gasteiger partial charge in [-0.2, -0.15) is 4.98 Å². The van der Waals surface area contributed by atoms with Gasteiger partial charge in [0.25, 0.3) is 5.89 Å². The molecule has 5 rings (SSSR count). The summed E-state index contributed by atoms with van der Waals surface area (Å²) in [4.78, 5) is 35.5. The lowest BCUT2D eigenvalue weighted by Crippen LogP contribution is -2.22. The lowest BCUT2D eigenvalue weighted by Gasteiger charge is -2.14. The quantitative estimate of drug-likeness (QED) is 0.370. The number of aryl methyl sites for hydroxylation is 3. The van der Waals surface area contributed by atoms with Crippen LogP contribution in [-0.4, -0.2) is 25.6 Å². The first kappa shape index (κ1) is 23.2. The summed E-state index contributed by atoms with van der Waals surface area (Å²) < 4.78 is 7.16. The topological polar surface area (TPSA) is 103 Å². The fourth-order valence-electron chi connectivity index (χ4n) is 4.19. The highest BCUT2D eigenvalue weighted by Crippen LogP contribution is 2.24. The Morgan fingerprint density at radius 3 is 2.56 bits per heavy atom. The van der Waals surface area contributed by atoms with Gasteiger partial charge >= 0.3 is 0 Å². The van der Waals surface area contributed by atoms with Gasteiger partial charge in [0, 0.05) is 23.1 Å². The molecule has 3 aromatic heterocycles. The summed E-state index contributed by atoms with van der Waals surface area (Å²) in [6.45, 7) is 5.79. The van der Waals surface area contributed by atoms with E-state index in [4.69, 9.17) is 4.52 Å². The van der Waals surface area contributed by atoms with E-state index in [0.717, 1.165) is 34.5 Å². The highest BCUT2D eigenvalue weighted by atomic mass is 16.5. The first-order valence-electron chi connectivity index (χ1n) is 11.7. The second-order valence-corrected chi connectivity index (χ2v) is 8.62. The van der Waals surface area contributed by atoms with Gasteiger partial charge in [0.15, 0.2) is 0 Å². The van der Waals surface area contributed by atoms with E-state index in [9.17, 15) is 9.59 Å². The number of fused-ring (bicyclic) bond motifs is 1. The molecule has 8 heteroatoms. The molecule has 0 saturated heterocycles. The van der Waals surface area contributed by atoms with E-state index in [-0.39, 0.29) is 29.3 Å². The summed E-state index contributed by atoms with van der Waals surface area (Å²) in [5.74, 6) is 0.248. The number of para-hydroxylation sites is 1. The molecule has 3 heterocycles. The molecule has 1 N–H and O–H groups in total. The maximum absolute atomic E-state index is 13.4. The number of carbonyl (C=O) groups excluding carboxylic acids is 1. The van der Waals surface area contributed by atoms with Crippen molar-refractivity contribution in [3.8, 4) is 22.8 Å². The minimum Gasteiger partial charge on any atom is -0.333 e. The molecule has 0 saturated carbocycles. The molecular weight excluding hydrogens is 454 g/mol. The third-order valence-corrected chi connectivity index (χ3v) is 6.09. The number of aromatic nitrogens is 4. The van der Waals surface area contributed by atoms with Crippen molar-refractivity contribution in [1.82, 2.24) is 19.7 Å². The summed E-state index contributed by atoms with van der Waals surface area (Å²) in [6, 6.07) is 18.8. The predicted octanol–water partition coefficient (Wildman–Crippen LogP) is 4.93. The highest BCUT2D eigenvalue weighted by molar-refractivity contribution is 5.92. The van der Waals surface area contributed by atoms with Crippen molar-refractivity contribution in [2.45, 2.75) is 33.7 Å². The number of hydrogen-bond donors (Lipinski definition) is 1. The second kappa shape index (κ2) is 9.58. The average molecular weight is 480 g/mol.